The number of nitrogens with zero attached hydrogens (tertiary/aromatic N) is 1. The van der Waals surface area contributed by atoms with E-state index in [0.717, 1.165) is 25.4 Å². The van der Waals surface area contributed by atoms with Crippen molar-refractivity contribution in [2.45, 2.75) is 43.2 Å². The molecule has 1 saturated heterocycles. The maximum absolute atomic E-state index is 12.9. The van der Waals surface area contributed by atoms with Crippen molar-refractivity contribution in [3.63, 3.8) is 0 Å². The van der Waals surface area contributed by atoms with Gasteiger partial charge in [-0.05, 0) is 61.5 Å². The second kappa shape index (κ2) is 7.14. The van der Waals surface area contributed by atoms with E-state index in [0.29, 0.717) is 4.90 Å². The third-order valence-corrected chi connectivity index (χ3v) is 7.27. The van der Waals surface area contributed by atoms with Crippen molar-refractivity contribution in [1.82, 2.24) is 9.62 Å². The first-order valence-electron chi connectivity index (χ1n) is 9.44. The van der Waals surface area contributed by atoms with E-state index in [1.165, 1.54) is 24.0 Å². The molecule has 0 amide bonds. The Morgan fingerprint density at radius 3 is 2.35 bits per heavy atom. The van der Waals surface area contributed by atoms with E-state index < -0.39 is 10.0 Å². The highest BCUT2D eigenvalue weighted by atomic mass is 32.2. The molecule has 0 spiro atoms. The van der Waals surface area contributed by atoms with E-state index in [9.17, 15) is 8.42 Å². The minimum Gasteiger partial charge on any atom is -0.295 e. The maximum Gasteiger partial charge on any atom is 0.240 e. The lowest BCUT2D eigenvalue weighted by molar-refractivity contribution is 0.123. The van der Waals surface area contributed by atoms with E-state index in [1.807, 2.05) is 12.1 Å². The maximum atomic E-state index is 12.9. The van der Waals surface area contributed by atoms with Crippen LogP contribution in [0.1, 0.15) is 36.9 Å². The Morgan fingerprint density at radius 1 is 0.962 bits per heavy atom. The standard InChI is InChI=1S/C21H26N2O2S/c1-16-11-13-23(14-12-16)21-19-10-6-5-7-17(19)15-20(21)22-26(24,25)18-8-3-2-4-9-18/h2-10,16,20-22H,11-15H2,1H3. The summed E-state index contributed by atoms with van der Waals surface area (Å²) in [7, 11) is -3.52. The molecule has 0 radical (unpaired) electrons. The van der Waals surface area contributed by atoms with E-state index in [-0.39, 0.29) is 12.1 Å². The Balaban J connectivity index is 1.62. The molecule has 1 heterocycles. The number of hydrogen-bond donors (Lipinski definition) is 1. The van der Waals surface area contributed by atoms with Crippen LogP contribution in [-0.4, -0.2) is 32.4 Å². The van der Waals surface area contributed by atoms with Crippen molar-refractivity contribution in [2.75, 3.05) is 13.1 Å². The molecule has 2 atom stereocenters. The topological polar surface area (TPSA) is 49.4 Å². The fourth-order valence-corrected chi connectivity index (χ4v) is 5.57. The summed E-state index contributed by atoms with van der Waals surface area (Å²) in [5.74, 6) is 0.752. The van der Waals surface area contributed by atoms with Crippen LogP contribution in [0.25, 0.3) is 0 Å². The summed E-state index contributed by atoms with van der Waals surface area (Å²) < 4.78 is 28.8. The predicted octanol–water partition coefficient (Wildman–Crippen LogP) is 3.36. The molecule has 4 nitrogen and oxygen atoms in total. The number of benzene rings is 2. The summed E-state index contributed by atoms with van der Waals surface area (Å²) in [6.45, 7) is 4.36. The van der Waals surface area contributed by atoms with Gasteiger partial charge in [-0.15, -0.1) is 0 Å². The molecule has 138 valence electrons. The molecular formula is C21H26N2O2S. The van der Waals surface area contributed by atoms with Gasteiger partial charge >= 0.3 is 0 Å². The number of sulfonamides is 1. The van der Waals surface area contributed by atoms with Gasteiger partial charge in [0, 0.05) is 6.04 Å². The van der Waals surface area contributed by atoms with E-state index in [2.05, 4.69) is 34.7 Å². The van der Waals surface area contributed by atoms with E-state index >= 15 is 0 Å². The van der Waals surface area contributed by atoms with Crippen molar-refractivity contribution in [1.29, 1.82) is 0 Å². The van der Waals surface area contributed by atoms with Crippen LogP contribution in [0, 0.1) is 5.92 Å². The predicted molar refractivity (Wildman–Crippen MR) is 103 cm³/mol. The van der Waals surface area contributed by atoms with Crippen molar-refractivity contribution in [3.05, 3.63) is 65.7 Å². The monoisotopic (exact) mass is 370 g/mol. The molecule has 5 heteroatoms. The molecule has 1 N–H and O–H groups in total. The van der Waals surface area contributed by atoms with Crippen molar-refractivity contribution < 1.29 is 8.42 Å². The zero-order valence-electron chi connectivity index (χ0n) is 15.1. The number of rotatable bonds is 4. The lowest BCUT2D eigenvalue weighted by Crippen LogP contribution is -2.46. The largest absolute Gasteiger partial charge is 0.295 e. The highest BCUT2D eigenvalue weighted by Gasteiger charge is 2.39. The fourth-order valence-electron chi connectivity index (χ4n) is 4.30. The Kier molecular flexibility index (Phi) is 4.86. The molecule has 2 aromatic carbocycles. The minimum absolute atomic E-state index is 0.119. The summed E-state index contributed by atoms with van der Waals surface area (Å²) >= 11 is 0. The Bertz CT molecular complexity index is 859. The lowest BCUT2D eigenvalue weighted by atomic mass is 9.95. The second-order valence-electron chi connectivity index (χ2n) is 7.61. The van der Waals surface area contributed by atoms with Gasteiger partial charge in [-0.1, -0.05) is 49.4 Å². The quantitative estimate of drug-likeness (QED) is 0.898. The molecule has 1 aliphatic carbocycles. The molecular weight excluding hydrogens is 344 g/mol. The Labute approximate surface area is 156 Å². The highest BCUT2D eigenvalue weighted by Crippen LogP contribution is 2.38. The zero-order chi connectivity index (χ0) is 18.1. The molecule has 1 aliphatic heterocycles. The van der Waals surface area contributed by atoms with Crippen LogP contribution in [0.5, 0.6) is 0 Å². The third-order valence-electron chi connectivity index (χ3n) is 5.77. The van der Waals surface area contributed by atoms with Crippen LogP contribution in [0.3, 0.4) is 0 Å². The van der Waals surface area contributed by atoms with Crippen molar-refractivity contribution in [2.24, 2.45) is 5.92 Å². The lowest BCUT2D eigenvalue weighted by Gasteiger charge is -2.38. The third kappa shape index (κ3) is 3.43. The van der Waals surface area contributed by atoms with Gasteiger partial charge in [0.15, 0.2) is 0 Å². The van der Waals surface area contributed by atoms with Gasteiger partial charge < -0.3 is 0 Å². The van der Waals surface area contributed by atoms with Crippen molar-refractivity contribution >= 4 is 10.0 Å². The van der Waals surface area contributed by atoms with Crippen LogP contribution in [-0.2, 0) is 16.4 Å². The second-order valence-corrected chi connectivity index (χ2v) is 9.32. The minimum atomic E-state index is -3.52. The van der Waals surface area contributed by atoms with E-state index in [4.69, 9.17) is 0 Å². The summed E-state index contributed by atoms with van der Waals surface area (Å²) in [5.41, 5.74) is 2.54. The van der Waals surface area contributed by atoms with Gasteiger partial charge in [0.05, 0.1) is 10.9 Å². The fraction of sp³-hybridized carbons (Fsp3) is 0.429. The normalized spacial score (nSPS) is 24.5. The molecule has 0 saturated carbocycles. The number of hydrogen-bond acceptors (Lipinski definition) is 3. The van der Waals surface area contributed by atoms with Crippen LogP contribution in [0.4, 0.5) is 0 Å². The summed E-state index contributed by atoms with van der Waals surface area (Å²) in [4.78, 5) is 2.81. The van der Waals surface area contributed by atoms with Gasteiger partial charge in [-0.3, -0.25) is 4.90 Å². The average Bonchev–Trinajstić information content (AvgIpc) is 3.00. The molecule has 0 aromatic heterocycles. The first kappa shape index (κ1) is 17.7. The summed E-state index contributed by atoms with van der Waals surface area (Å²) in [5, 5.41) is 0. The number of nitrogens with one attached hydrogen (secondary N) is 1. The summed E-state index contributed by atoms with van der Waals surface area (Å²) in [6.07, 6.45) is 3.10. The van der Waals surface area contributed by atoms with Crippen LogP contribution >= 0.6 is 0 Å². The SMILES string of the molecule is CC1CCN(C2c3ccccc3CC2NS(=O)(=O)c2ccccc2)CC1. The van der Waals surface area contributed by atoms with Crippen LogP contribution in [0.15, 0.2) is 59.5 Å². The smallest absolute Gasteiger partial charge is 0.240 e. The summed E-state index contributed by atoms with van der Waals surface area (Å²) in [6, 6.07) is 17.1. The zero-order valence-corrected chi connectivity index (χ0v) is 16.0. The van der Waals surface area contributed by atoms with Gasteiger partial charge in [0.1, 0.15) is 0 Å². The highest BCUT2D eigenvalue weighted by molar-refractivity contribution is 7.89. The Hall–Kier alpha value is -1.69. The average molecular weight is 371 g/mol. The van der Waals surface area contributed by atoms with Gasteiger partial charge in [0.2, 0.25) is 10.0 Å². The van der Waals surface area contributed by atoms with Gasteiger partial charge in [0.25, 0.3) is 0 Å². The molecule has 26 heavy (non-hydrogen) atoms. The molecule has 2 unspecified atom stereocenters. The van der Waals surface area contributed by atoms with Gasteiger partial charge in [-0.25, -0.2) is 13.1 Å². The molecule has 0 bridgehead atoms. The molecule has 1 fully saturated rings. The molecule has 4 rings (SSSR count). The van der Waals surface area contributed by atoms with Crippen LogP contribution < -0.4 is 4.72 Å². The molecule has 2 aromatic rings. The number of likely N-dealkylation sites (tertiary alicyclic amines) is 1. The first-order valence-corrected chi connectivity index (χ1v) is 10.9. The number of piperidine rings is 1. The van der Waals surface area contributed by atoms with Gasteiger partial charge in [-0.2, -0.15) is 0 Å². The molecule has 2 aliphatic rings. The first-order chi connectivity index (χ1) is 12.5. The van der Waals surface area contributed by atoms with Crippen LogP contribution in [0.2, 0.25) is 0 Å². The number of fused-ring (bicyclic) bond motifs is 1. The Morgan fingerprint density at radius 2 is 1.62 bits per heavy atom. The van der Waals surface area contributed by atoms with Crippen molar-refractivity contribution in [3.8, 4) is 0 Å². The van der Waals surface area contributed by atoms with E-state index in [1.54, 1.807) is 24.3 Å².